The molecule has 102 valence electrons. The van der Waals surface area contributed by atoms with Crippen molar-refractivity contribution in [3.05, 3.63) is 29.8 Å². The quantitative estimate of drug-likeness (QED) is 0.902. The van der Waals surface area contributed by atoms with E-state index in [1.165, 1.54) is 19.3 Å². The Balaban J connectivity index is 1.74. The average Bonchev–Trinajstić information content (AvgIpc) is 2.93. The highest BCUT2D eigenvalue weighted by molar-refractivity contribution is 5.97. The van der Waals surface area contributed by atoms with E-state index in [4.69, 9.17) is 5.73 Å². The van der Waals surface area contributed by atoms with Gasteiger partial charge in [0.1, 0.15) is 0 Å². The predicted molar refractivity (Wildman–Crippen MR) is 76.7 cm³/mol. The summed E-state index contributed by atoms with van der Waals surface area (Å²) in [6.07, 6.45) is 3.83. The Morgan fingerprint density at radius 2 is 1.89 bits per heavy atom. The summed E-state index contributed by atoms with van der Waals surface area (Å²) in [4.78, 5) is 14.5. The van der Waals surface area contributed by atoms with E-state index in [2.05, 4.69) is 0 Å². The number of carbonyl (C=O) groups is 1. The van der Waals surface area contributed by atoms with E-state index in [0.29, 0.717) is 30.2 Å². The molecule has 2 atom stereocenters. The molecule has 0 heterocycles. The van der Waals surface area contributed by atoms with E-state index in [0.717, 1.165) is 17.8 Å². The molecule has 0 aliphatic heterocycles. The highest BCUT2D eigenvalue weighted by Crippen LogP contribution is 2.58. The highest BCUT2D eigenvalue weighted by atomic mass is 16.2. The van der Waals surface area contributed by atoms with Gasteiger partial charge in [0, 0.05) is 24.7 Å². The Morgan fingerprint density at radius 3 is 2.42 bits per heavy atom. The molecule has 2 N–H and O–H groups in total. The van der Waals surface area contributed by atoms with Crippen molar-refractivity contribution in [3.8, 4) is 0 Å². The normalized spacial score (nSPS) is 28.0. The molecule has 0 radical (unpaired) electrons. The minimum absolute atomic E-state index is 0.308. The van der Waals surface area contributed by atoms with Crippen LogP contribution in [-0.2, 0) is 11.3 Å². The van der Waals surface area contributed by atoms with Crippen molar-refractivity contribution in [1.29, 1.82) is 0 Å². The van der Waals surface area contributed by atoms with Crippen LogP contribution in [0.25, 0.3) is 0 Å². The van der Waals surface area contributed by atoms with Crippen molar-refractivity contribution in [3.63, 3.8) is 0 Å². The van der Waals surface area contributed by atoms with Gasteiger partial charge < -0.3 is 10.6 Å². The van der Waals surface area contributed by atoms with Crippen LogP contribution in [-0.4, -0.2) is 12.5 Å². The molecule has 1 amide bonds. The Kier molecular flexibility index (Phi) is 3.31. The van der Waals surface area contributed by atoms with Gasteiger partial charge in [0.2, 0.25) is 5.91 Å². The Bertz CT molecular complexity index is 458. The molecule has 2 unspecified atom stereocenters. The van der Waals surface area contributed by atoms with Crippen LogP contribution >= 0.6 is 0 Å². The van der Waals surface area contributed by atoms with Gasteiger partial charge in [-0.05, 0) is 49.3 Å². The Morgan fingerprint density at radius 1 is 1.26 bits per heavy atom. The summed E-state index contributed by atoms with van der Waals surface area (Å²) in [7, 11) is 0. The number of rotatable bonds is 4. The minimum atomic E-state index is 0.308. The zero-order valence-corrected chi connectivity index (χ0v) is 11.5. The summed E-state index contributed by atoms with van der Waals surface area (Å²) < 4.78 is 0. The zero-order valence-electron chi connectivity index (χ0n) is 11.5. The van der Waals surface area contributed by atoms with Gasteiger partial charge in [-0.25, -0.2) is 0 Å². The molecule has 0 saturated heterocycles. The van der Waals surface area contributed by atoms with Gasteiger partial charge in [0.25, 0.3) is 0 Å². The van der Waals surface area contributed by atoms with Crippen molar-refractivity contribution in [2.75, 3.05) is 11.4 Å². The maximum absolute atomic E-state index is 12.6. The third-order valence-corrected chi connectivity index (χ3v) is 4.76. The van der Waals surface area contributed by atoms with Crippen LogP contribution in [0.2, 0.25) is 0 Å². The first-order valence-corrected chi connectivity index (χ1v) is 7.36. The monoisotopic (exact) mass is 258 g/mol. The van der Waals surface area contributed by atoms with E-state index < -0.39 is 0 Å². The number of carbonyl (C=O) groups excluding carboxylic acids is 1. The Labute approximate surface area is 114 Å². The molecule has 2 aliphatic carbocycles. The van der Waals surface area contributed by atoms with E-state index in [-0.39, 0.29) is 0 Å². The fourth-order valence-electron chi connectivity index (χ4n) is 3.65. The smallest absolute Gasteiger partial charge is 0.230 e. The first-order chi connectivity index (χ1) is 9.26. The predicted octanol–water partition coefficient (Wildman–Crippen LogP) is 2.54. The lowest BCUT2D eigenvalue weighted by molar-refractivity contribution is -0.120. The number of hydrogen-bond acceptors (Lipinski definition) is 2. The second kappa shape index (κ2) is 4.97. The lowest BCUT2D eigenvalue weighted by atomic mass is 10.1. The van der Waals surface area contributed by atoms with Gasteiger partial charge in [-0.15, -0.1) is 0 Å². The zero-order chi connectivity index (χ0) is 13.4. The van der Waals surface area contributed by atoms with Crippen LogP contribution in [0.3, 0.4) is 0 Å². The van der Waals surface area contributed by atoms with Crippen molar-refractivity contribution in [1.82, 2.24) is 0 Å². The number of benzene rings is 1. The molecule has 2 saturated carbocycles. The summed E-state index contributed by atoms with van der Waals surface area (Å²) >= 11 is 0. The lowest BCUT2D eigenvalue weighted by Crippen LogP contribution is -2.33. The fraction of sp³-hybridized carbons (Fsp3) is 0.562. The fourth-order valence-corrected chi connectivity index (χ4v) is 3.65. The number of nitrogens with two attached hydrogens (primary N) is 1. The Hall–Kier alpha value is -1.35. The SMILES string of the molecule is CCN(C(=O)C1C2CCCC21)c1ccc(CN)cc1. The number of amides is 1. The van der Waals surface area contributed by atoms with Gasteiger partial charge in [0.05, 0.1) is 0 Å². The van der Waals surface area contributed by atoms with Crippen LogP contribution in [0, 0.1) is 17.8 Å². The molecular weight excluding hydrogens is 236 g/mol. The molecule has 0 bridgehead atoms. The van der Waals surface area contributed by atoms with E-state index in [1.807, 2.05) is 36.1 Å². The van der Waals surface area contributed by atoms with Gasteiger partial charge in [-0.3, -0.25) is 4.79 Å². The third-order valence-electron chi connectivity index (χ3n) is 4.76. The molecule has 3 rings (SSSR count). The molecule has 0 aromatic heterocycles. The summed E-state index contributed by atoms with van der Waals surface area (Å²) in [5.41, 5.74) is 7.72. The van der Waals surface area contributed by atoms with Crippen LogP contribution in [0.1, 0.15) is 31.7 Å². The summed E-state index contributed by atoms with van der Waals surface area (Å²) in [6, 6.07) is 8.06. The van der Waals surface area contributed by atoms with E-state index in [9.17, 15) is 4.79 Å². The van der Waals surface area contributed by atoms with Gasteiger partial charge >= 0.3 is 0 Å². The average molecular weight is 258 g/mol. The molecule has 19 heavy (non-hydrogen) atoms. The molecule has 2 fully saturated rings. The molecule has 2 aliphatic rings. The second-order valence-corrected chi connectivity index (χ2v) is 5.74. The largest absolute Gasteiger partial charge is 0.326 e. The second-order valence-electron chi connectivity index (χ2n) is 5.74. The van der Waals surface area contributed by atoms with E-state index in [1.54, 1.807) is 0 Å². The van der Waals surface area contributed by atoms with Crippen molar-refractivity contribution < 1.29 is 4.79 Å². The van der Waals surface area contributed by atoms with Crippen LogP contribution in [0.15, 0.2) is 24.3 Å². The summed E-state index contributed by atoms with van der Waals surface area (Å²) in [6.45, 7) is 3.34. The molecule has 3 nitrogen and oxygen atoms in total. The maximum atomic E-state index is 12.6. The van der Waals surface area contributed by atoms with Gasteiger partial charge in [0.15, 0.2) is 0 Å². The number of nitrogens with zero attached hydrogens (tertiary/aromatic N) is 1. The lowest BCUT2D eigenvalue weighted by Gasteiger charge is -2.22. The van der Waals surface area contributed by atoms with Gasteiger partial charge in [-0.1, -0.05) is 18.6 Å². The number of anilines is 1. The van der Waals surface area contributed by atoms with Gasteiger partial charge in [-0.2, -0.15) is 0 Å². The standard InChI is InChI=1S/C16H22N2O/c1-2-18(12-8-6-11(10-17)7-9-12)16(19)15-13-4-3-5-14(13)15/h6-9,13-15H,2-5,10,17H2,1H3. The summed E-state index contributed by atoms with van der Waals surface area (Å²) in [5, 5.41) is 0. The maximum Gasteiger partial charge on any atom is 0.230 e. The minimum Gasteiger partial charge on any atom is -0.326 e. The number of fused-ring (bicyclic) bond motifs is 1. The van der Waals surface area contributed by atoms with Crippen molar-refractivity contribution in [2.45, 2.75) is 32.7 Å². The molecule has 3 heteroatoms. The van der Waals surface area contributed by atoms with E-state index >= 15 is 0 Å². The van der Waals surface area contributed by atoms with Crippen LogP contribution in [0.4, 0.5) is 5.69 Å². The van der Waals surface area contributed by atoms with Crippen LogP contribution in [0.5, 0.6) is 0 Å². The van der Waals surface area contributed by atoms with Crippen LogP contribution < -0.4 is 10.6 Å². The molecule has 1 aromatic carbocycles. The summed E-state index contributed by atoms with van der Waals surface area (Å²) in [5.74, 6) is 2.01. The van der Waals surface area contributed by atoms with Crippen molar-refractivity contribution >= 4 is 11.6 Å². The first kappa shape index (κ1) is 12.7. The third kappa shape index (κ3) is 2.16. The van der Waals surface area contributed by atoms with Crippen molar-refractivity contribution in [2.24, 2.45) is 23.5 Å². The molecule has 0 spiro atoms. The number of hydrogen-bond donors (Lipinski definition) is 1. The molecular formula is C16H22N2O. The highest BCUT2D eigenvalue weighted by Gasteiger charge is 2.57. The molecule has 1 aromatic rings. The first-order valence-electron chi connectivity index (χ1n) is 7.36. The topological polar surface area (TPSA) is 46.3 Å².